The van der Waals surface area contributed by atoms with Crippen molar-refractivity contribution in [2.45, 2.75) is 26.3 Å². The second-order valence-electron chi connectivity index (χ2n) is 2.84. The van der Waals surface area contributed by atoms with Crippen LogP contribution >= 0.6 is 11.8 Å². The van der Waals surface area contributed by atoms with Crippen molar-refractivity contribution in [1.82, 2.24) is 5.32 Å². The van der Waals surface area contributed by atoms with Crippen LogP contribution in [-0.4, -0.2) is 25.1 Å². The molecule has 0 aromatic heterocycles. The van der Waals surface area contributed by atoms with Crippen molar-refractivity contribution in [1.29, 1.82) is 0 Å². The van der Waals surface area contributed by atoms with Gasteiger partial charge in [0.25, 0.3) is 0 Å². The topological polar surface area (TPSA) is 12.0 Å². The van der Waals surface area contributed by atoms with Crippen LogP contribution in [0.5, 0.6) is 0 Å². The van der Waals surface area contributed by atoms with E-state index in [1.165, 1.54) is 12.2 Å². The molecule has 2 unspecified atom stereocenters. The SMILES string of the molecule is CNC(C)C(C)CCSC. The molecule has 0 saturated heterocycles. The van der Waals surface area contributed by atoms with Gasteiger partial charge in [0, 0.05) is 6.04 Å². The van der Waals surface area contributed by atoms with Gasteiger partial charge < -0.3 is 5.32 Å². The molecule has 2 atom stereocenters. The number of nitrogens with one attached hydrogen (secondary N) is 1. The highest BCUT2D eigenvalue weighted by Crippen LogP contribution is 2.10. The first kappa shape index (κ1) is 10.3. The third-order valence-electron chi connectivity index (χ3n) is 2.09. The van der Waals surface area contributed by atoms with Gasteiger partial charge in [-0.1, -0.05) is 6.92 Å². The van der Waals surface area contributed by atoms with Crippen LogP contribution in [0.4, 0.5) is 0 Å². The zero-order valence-corrected chi connectivity index (χ0v) is 8.29. The minimum atomic E-state index is 0.659. The summed E-state index contributed by atoms with van der Waals surface area (Å²) in [6.45, 7) is 4.54. The highest BCUT2D eigenvalue weighted by Gasteiger charge is 2.07. The van der Waals surface area contributed by atoms with Gasteiger partial charge in [-0.15, -0.1) is 0 Å². The lowest BCUT2D eigenvalue weighted by Gasteiger charge is -2.18. The molecule has 0 bridgehead atoms. The number of rotatable bonds is 5. The van der Waals surface area contributed by atoms with Gasteiger partial charge >= 0.3 is 0 Å². The minimum absolute atomic E-state index is 0.659. The molecule has 0 rings (SSSR count). The van der Waals surface area contributed by atoms with Gasteiger partial charge in [-0.3, -0.25) is 0 Å². The van der Waals surface area contributed by atoms with Crippen molar-refractivity contribution in [3.8, 4) is 0 Å². The highest BCUT2D eigenvalue weighted by atomic mass is 32.2. The fraction of sp³-hybridized carbons (Fsp3) is 1.00. The highest BCUT2D eigenvalue weighted by molar-refractivity contribution is 7.98. The molecule has 1 nitrogen and oxygen atoms in total. The lowest BCUT2D eigenvalue weighted by atomic mass is 10.0. The number of thioether (sulfide) groups is 1. The Kier molecular flexibility index (Phi) is 6.24. The molecule has 0 spiro atoms. The number of hydrogen-bond donors (Lipinski definition) is 1. The van der Waals surface area contributed by atoms with Gasteiger partial charge in [-0.25, -0.2) is 0 Å². The van der Waals surface area contributed by atoms with Gasteiger partial charge in [0.05, 0.1) is 0 Å². The average Bonchev–Trinajstić information content (AvgIpc) is 1.98. The third kappa shape index (κ3) is 4.18. The molecule has 0 heterocycles. The fourth-order valence-electron chi connectivity index (χ4n) is 0.838. The average molecular weight is 161 g/mol. The van der Waals surface area contributed by atoms with E-state index in [0.29, 0.717) is 6.04 Å². The Hall–Kier alpha value is 0.310. The largest absolute Gasteiger partial charge is 0.317 e. The van der Waals surface area contributed by atoms with Gasteiger partial charge in [0.15, 0.2) is 0 Å². The first-order valence-corrected chi connectivity index (χ1v) is 5.28. The van der Waals surface area contributed by atoms with Gasteiger partial charge in [0.1, 0.15) is 0 Å². The summed E-state index contributed by atoms with van der Waals surface area (Å²) in [6.07, 6.45) is 3.49. The van der Waals surface area contributed by atoms with E-state index in [4.69, 9.17) is 0 Å². The Morgan fingerprint density at radius 2 is 2.00 bits per heavy atom. The molecule has 10 heavy (non-hydrogen) atoms. The molecule has 0 saturated carbocycles. The molecule has 2 heteroatoms. The van der Waals surface area contributed by atoms with E-state index in [0.717, 1.165) is 5.92 Å². The standard InChI is InChI=1S/C8H19NS/c1-7(5-6-10-4)8(2)9-3/h7-9H,5-6H2,1-4H3. The Balaban J connectivity index is 3.31. The maximum atomic E-state index is 3.26. The van der Waals surface area contributed by atoms with Crippen molar-refractivity contribution < 1.29 is 0 Å². The van der Waals surface area contributed by atoms with E-state index in [1.54, 1.807) is 0 Å². The van der Waals surface area contributed by atoms with Crippen LogP contribution < -0.4 is 5.32 Å². The molecule has 0 amide bonds. The first-order valence-electron chi connectivity index (χ1n) is 3.88. The molecular formula is C8H19NS. The minimum Gasteiger partial charge on any atom is -0.317 e. The fourth-order valence-corrected chi connectivity index (χ4v) is 1.45. The van der Waals surface area contributed by atoms with Crippen molar-refractivity contribution in [2.24, 2.45) is 5.92 Å². The molecule has 62 valence electrons. The Labute approximate surface area is 69.0 Å². The van der Waals surface area contributed by atoms with E-state index >= 15 is 0 Å². The van der Waals surface area contributed by atoms with E-state index < -0.39 is 0 Å². The summed E-state index contributed by atoms with van der Waals surface area (Å²) >= 11 is 1.93. The molecule has 0 fully saturated rings. The summed E-state index contributed by atoms with van der Waals surface area (Å²) in [6, 6.07) is 0.659. The van der Waals surface area contributed by atoms with Crippen molar-refractivity contribution in [2.75, 3.05) is 19.1 Å². The van der Waals surface area contributed by atoms with Crippen LogP contribution in [-0.2, 0) is 0 Å². The predicted molar refractivity (Wildman–Crippen MR) is 50.7 cm³/mol. The van der Waals surface area contributed by atoms with Crippen LogP contribution in [0.15, 0.2) is 0 Å². The Morgan fingerprint density at radius 1 is 1.40 bits per heavy atom. The molecule has 0 aliphatic carbocycles. The van der Waals surface area contributed by atoms with Gasteiger partial charge in [-0.05, 0) is 38.3 Å². The predicted octanol–water partition coefficient (Wildman–Crippen LogP) is 1.98. The summed E-state index contributed by atoms with van der Waals surface area (Å²) < 4.78 is 0. The van der Waals surface area contributed by atoms with E-state index in [1.807, 2.05) is 18.8 Å². The van der Waals surface area contributed by atoms with Crippen molar-refractivity contribution >= 4 is 11.8 Å². The Morgan fingerprint density at radius 3 is 2.40 bits per heavy atom. The van der Waals surface area contributed by atoms with Crippen LogP contribution in [0.2, 0.25) is 0 Å². The summed E-state index contributed by atoms with van der Waals surface area (Å²) in [5, 5.41) is 3.26. The summed E-state index contributed by atoms with van der Waals surface area (Å²) in [7, 11) is 2.03. The van der Waals surface area contributed by atoms with Gasteiger partial charge in [-0.2, -0.15) is 11.8 Å². The number of hydrogen-bond acceptors (Lipinski definition) is 2. The second-order valence-corrected chi connectivity index (χ2v) is 3.82. The van der Waals surface area contributed by atoms with Gasteiger partial charge in [0.2, 0.25) is 0 Å². The quantitative estimate of drug-likeness (QED) is 0.662. The molecule has 0 aromatic carbocycles. The summed E-state index contributed by atoms with van der Waals surface area (Å²) in [5.74, 6) is 2.09. The zero-order valence-electron chi connectivity index (χ0n) is 7.48. The normalized spacial score (nSPS) is 16.8. The monoisotopic (exact) mass is 161 g/mol. The van der Waals surface area contributed by atoms with Crippen LogP contribution in [0.1, 0.15) is 20.3 Å². The first-order chi connectivity index (χ1) is 4.72. The molecule has 0 aromatic rings. The molecular weight excluding hydrogens is 142 g/mol. The maximum Gasteiger partial charge on any atom is 0.00616 e. The molecule has 0 aliphatic heterocycles. The summed E-state index contributed by atoms with van der Waals surface area (Å²) in [5.41, 5.74) is 0. The van der Waals surface area contributed by atoms with Crippen molar-refractivity contribution in [3.05, 3.63) is 0 Å². The smallest absolute Gasteiger partial charge is 0.00616 e. The van der Waals surface area contributed by atoms with Crippen molar-refractivity contribution in [3.63, 3.8) is 0 Å². The van der Waals surface area contributed by atoms with Crippen LogP contribution in [0, 0.1) is 5.92 Å². The summed E-state index contributed by atoms with van der Waals surface area (Å²) in [4.78, 5) is 0. The van der Waals surface area contributed by atoms with Crippen LogP contribution in [0.3, 0.4) is 0 Å². The maximum absolute atomic E-state index is 3.26. The van der Waals surface area contributed by atoms with Crippen LogP contribution in [0.25, 0.3) is 0 Å². The molecule has 1 N–H and O–H groups in total. The lowest BCUT2D eigenvalue weighted by Crippen LogP contribution is -2.28. The van der Waals surface area contributed by atoms with E-state index in [9.17, 15) is 0 Å². The molecule has 0 radical (unpaired) electrons. The Bertz CT molecular complexity index is 75.7. The second kappa shape index (κ2) is 6.05. The van der Waals surface area contributed by atoms with E-state index in [2.05, 4.69) is 25.4 Å². The third-order valence-corrected chi connectivity index (χ3v) is 2.73. The van der Waals surface area contributed by atoms with E-state index in [-0.39, 0.29) is 0 Å². The zero-order chi connectivity index (χ0) is 7.98. The molecule has 0 aliphatic rings. The lowest BCUT2D eigenvalue weighted by molar-refractivity contribution is 0.418.